The Morgan fingerprint density at radius 2 is 1.71 bits per heavy atom. The average molecular weight is 328 g/mol. The Morgan fingerprint density at radius 1 is 1.04 bits per heavy atom. The van der Waals surface area contributed by atoms with Gasteiger partial charge in [-0.25, -0.2) is 0 Å². The van der Waals surface area contributed by atoms with Crippen LogP contribution in [0.2, 0.25) is 0 Å². The van der Waals surface area contributed by atoms with Crippen molar-refractivity contribution in [3.8, 4) is 5.75 Å². The summed E-state index contributed by atoms with van der Waals surface area (Å²) in [6, 6.07) is 5.84. The van der Waals surface area contributed by atoms with Crippen LogP contribution in [0.1, 0.15) is 48.5 Å². The van der Waals surface area contributed by atoms with E-state index in [0.717, 1.165) is 24.2 Å². The van der Waals surface area contributed by atoms with Crippen LogP contribution < -0.4 is 4.74 Å². The minimum absolute atomic E-state index is 0.0201. The van der Waals surface area contributed by atoms with Crippen molar-refractivity contribution < 1.29 is 14.3 Å². The third-order valence-electron chi connectivity index (χ3n) is 5.58. The second-order valence-electron chi connectivity index (χ2n) is 7.23. The van der Waals surface area contributed by atoms with Crippen molar-refractivity contribution in [2.75, 3.05) is 26.2 Å². The molecule has 1 saturated carbocycles. The molecule has 128 valence electrons. The first-order valence-corrected chi connectivity index (χ1v) is 8.94. The molecule has 4 rings (SSSR count). The van der Waals surface area contributed by atoms with Gasteiger partial charge in [0.1, 0.15) is 11.9 Å². The van der Waals surface area contributed by atoms with Crippen molar-refractivity contribution in [3.63, 3.8) is 0 Å². The summed E-state index contributed by atoms with van der Waals surface area (Å²) < 4.78 is 5.95. The fourth-order valence-electron chi connectivity index (χ4n) is 3.64. The fourth-order valence-corrected chi connectivity index (χ4v) is 3.64. The molecular weight excluding hydrogens is 304 g/mol. The Morgan fingerprint density at radius 3 is 2.38 bits per heavy atom. The number of benzene rings is 1. The van der Waals surface area contributed by atoms with Gasteiger partial charge in [0.2, 0.25) is 5.91 Å². The predicted molar refractivity (Wildman–Crippen MR) is 90.2 cm³/mol. The first-order chi connectivity index (χ1) is 11.6. The van der Waals surface area contributed by atoms with Gasteiger partial charge in [0, 0.05) is 43.6 Å². The smallest absolute Gasteiger partial charge is 0.257 e. The molecular formula is C19H24N2O3. The summed E-state index contributed by atoms with van der Waals surface area (Å²) in [4.78, 5) is 28.8. The molecule has 0 aromatic heterocycles. The Balaban J connectivity index is 1.47. The molecule has 1 aromatic rings. The molecule has 0 radical (unpaired) electrons. The topological polar surface area (TPSA) is 49.9 Å². The van der Waals surface area contributed by atoms with E-state index in [1.807, 2.05) is 34.9 Å². The van der Waals surface area contributed by atoms with E-state index in [4.69, 9.17) is 4.74 Å². The molecule has 1 saturated heterocycles. The van der Waals surface area contributed by atoms with Gasteiger partial charge in [0.25, 0.3) is 5.91 Å². The van der Waals surface area contributed by atoms with Crippen LogP contribution in [0, 0.1) is 5.92 Å². The van der Waals surface area contributed by atoms with Crippen molar-refractivity contribution in [1.29, 1.82) is 0 Å². The molecule has 0 spiro atoms. The summed E-state index contributed by atoms with van der Waals surface area (Å²) in [6.07, 6.45) is 2.16. The summed E-state index contributed by atoms with van der Waals surface area (Å²) in [5, 5.41) is 0. The molecule has 24 heavy (non-hydrogen) atoms. The summed E-state index contributed by atoms with van der Waals surface area (Å²) >= 11 is 0. The Bertz CT molecular complexity index is 675. The van der Waals surface area contributed by atoms with E-state index in [-0.39, 0.29) is 23.8 Å². The van der Waals surface area contributed by atoms with E-state index in [1.165, 1.54) is 0 Å². The number of piperazine rings is 1. The van der Waals surface area contributed by atoms with Crippen LogP contribution in [0.15, 0.2) is 18.2 Å². The molecule has 2 heterocycles. The molecule has 0 bridgehead atoms. The number of nitrogens with zero attached hydrogens (tertiary/aromatic N) is 2. The van der Waals surface area contributed by atoms with Gasteiger partial charge < -0.3 is 14.5 Å². The molecule has 2 amide bonds. The predicted octanol–water partition coefficient (Wildman–Crippen LogP) is 2.27. The number of para-hydroxylation sites is 1. The van der Waals surface area contributed by atoms with Crippen LogP contribution in [-0.4, -0.2) is 53.9 Å². The van der Waals surface area contributed by atoms with Crippen LogP contribution in [0.25, 0.3) is 0 Å². The molecule has 2 atom stereocenters. The van der Waals surface area contributed by atoms with Crippen molar-refractivity contribution in [3.05, 3.63) is 29.3 Å². The maximum atomic E-state index is 12.9. The van der Waals surface area contributed by atoms with Crippen LogP contribution in [0.5, 0.6) is 5.75 Å². The lowest BCUT2D eigenvalue weighted by molar-refractivity contribution is -0.134. The number of ether oxygens (including phenoxy) is 1. The monoisotopic (exact) mass is 328 g/mol. The number of hydrogen-bond acceptors (Lipinski definition) is 3. The molecule has 1 aliphatic carbocycles. The summed E-state index contributed by atoms with van der Waals surface area (Å²) in [6.45, 7) is 6.67. The number of fused-ring (bicyclic) bond motifs is 1. The van der Waals surface area contributed by atoms with Gasteiger partial charge in [-0.3, -0.25) is 9.59 Å². The minimum Gasteiger partial charge on any atom is -0.489 e. The summed E-state index contributed by atoms with van der Waals surface area (Å²) in [5.41, 5.74) is 1.78. The van der Waals surface area contributed by atoms with Crippen molar-refractivity contribution in [2.45, 2.75) is 38.7 Å². The van der Waals surface area contributed by atoms with Crippen LogP contribution in [0.4, 0.5) is 0 Å². The highest BCUT2D eigenvalue weighted by atomic mass is 16.5. The zero-order valence-electron chi connectivity index (χ0n) is 14.3. The first-order valence-electron chi connectivity index (χ1n) is 8.94. The molecule has 2 aliphatic heterocycles. The maximum absolute atomic E-state index is 12.9. The second-order valence-corrected chi connectivity index (χ2v) is 7.23. The average Bonchev–Trinajstić information content (AvgIpc) is 3.41. The molecule has 2 fully saturated rings. The Labute approximate surface area is 142 Å². The van der Waals surface area contributed by atoms with Gasteiger partial charge in [-0.1, -0.05) is 19.1 Å². The number of hydrogen-bond donors (Lipinski definition) is 0. The van der Waals surface area contributed by atoms with E-state index in [1.54, 1.807) is 0 Å². The van der Waals surface area contributed by atoms with Crippen molar-refractivity contribution in [1.82, 2.24) is 9.80 Å². The van der Waals surface area contributed by atoms with Gasteiger partial charge in [0.15, 0.2) is 0 Å². The molecule has 1 aromatic carbocycles. The van der Waals surface area contributed by atoms with Gasteiger partial charge in [-0.15, -0.1) is 0 Å². The standard InChI is InChI=1S/C19H24N2O3/c1-12-13(2)24-17-15(12)4-3-5-16(17)19(23)21-10-8-20(9-11-21)18(22)14-6-7-14/h3-5,12-14H,6-11H2,1-2H3/t12-,13-/m0/s1. The second kappa shape index (κ2) is 5.80. The minimum atomic E-state index is 0.0201. The highest BCUT2D eigenvalue weighted by molar-refractivity contribution is 5.98. The number of carbonyl (C=O) groups is 2. The quantitative estimate of drug-likeness (QED) is 0.837. The Kier molecular flexibility index (Phi) is 3.74. The first kappa shape index (κ1) is 15.5. The van der Waals surface area contributed by atoms with Crippen LogP contribution in [0.3, 0.4) is 0 Å². The lowest BCUT2D eigenvalue weighted by Crippen LogP contribution is -2.51. The van der Waals surface area contributed by atoms with Gasteiger partial charge in [-0.05, 0) is 25.8 Å². The van der Waals surface area contributed by atoms with Gasteiger partial charge in [0.05, 0.1) is 5.56 Å². The van der Waals surface area contributed by atoms with Crippen molar-refractivity contribution >= 4 is 11.8 Å². The molecule has 5 nitrogen and oxygen atoms in total. The third kappa shape index (κ3) is 2.56. The number of carbonyl (C=O) groups excluding carboxylic acids is 2. The summed E-state index contributed by atoms with van der Waals surface area (Å²) in [5.74, 6) is 1.60. The lowest BCUT2D eigenvalue weighted by Gasteiger charge is -2.35. The van der Waals surface area contributed by atoms with E-state index in [0.29, 0.717) is 37.7 Å². The number of rotatable bonds is 2. The van der Waals surface area contributed by atoms with E-state index < -0.39 is 0 Å². The van der Waals surface area contributed by atoms with Crippen molar-refractivity contribution in [2.24, 2.45) is 5.92 Å². The van der Waals surface area contributed by atoms with E-state index >= 15 is 0 Å². The van der Waals surface area contributed by atoms with E-state index in [2.05, 4.69) is 6.92 Å². The SMILES string of the molecule is C[C@@H]1Oc2c(C(=O)N3CCN(C(=O)C4CC4)CC3)cccc2[C@H]1C. The van der Waals surface area contributed by atoms with Gasteiger partial charge in [-0.2, -0.15) is 0 Å². The molecule has 0 N–H and O–H groups in total. The Hall–Kier alpha value is -2.04. The zero-order valence-corrected chi connectivity index (χ0v) is 14.3. The maximum Gasteiger partial charge on any atom is 0.257 e. The normalized spacial score (nSPS) is 26.1. The van der Waals surface area contributed by atoms with Crippen LogP contribution >= 0.6 is 0 Å². The zero-order chi connectivity index (χ0) is 16.8. The fraction of sp³-hybridized carbons (Fsp3) is 0.579. The lowest BCUT2D eigenvalue weighted by atomic mass is 9.96. The third-order valence-corrected chi connectivity index (χ3v) is 5.58. The summed E-state index contributed by atoms with van der Waals surface area (Å²) in [7, 11) is 0. The molecule has 0 unspecified atom stereocenters. The largest absolute Gasteiger partial charge is 0.489 e. The van der Waals surface area contributed by atoms with Crippen LogP contribution in [-0.2, 0) is 4.79 Å². The molecule has 3 aliphatic rings. The van der Waals surface area contributed by atoms with Gasteiger partial charge >= 0.3 is 0 Å². The highest BCUT2D eigenvalue weighted by Gasteiger charge is 2.36. The molecule has 5 heteroatoms. The van der Waals surface area contributed by atoms with E-state index in [9.17, 15) is 9.59 Å². The highest BCUT2D eigenvalue weighted by Crippen LogP contribution is 2.40. The number of amides is 2.